The number of imidazole rings is 1. The first kappa shape index (κ1) is 29.7. The molecule has 44 heavy (non-hydrogen) atoms. The maximum atomic E-state index is 13.3. The normalized spacial score (nSPS) is 14.5. The van der Waals surface area contributed by atoms with Gasteiger partial charge in [-0.2, -0.15) is 9.29 Å². The van der Waals surface area contributed by atoms with Gasteiger partial charge in [-0.05, 0) is 55.2 Å². The summed E-state index contributed by atoms with van der Waals surface area (Å²) in [6, 6.07) is 18.1. The van der Waals surface area contributed by atoms with Crippen LogP contribution in [0.15, 0.2) is 77.1 Å². The average Bonchev–Trinajstić information content (AvgIpc) is 3.65. The molecule has 12 nitrogen and oxygen atoms in total. The van der Waals surface area contributed by atoms with Crippen molar-refractivity contribution >= 4 is 61.7 Å². The number of aryl methyl sites for hydroxylation is 1. The Morgan fingerprint density at radius 3 is 2.59 bits per heavy atom. The molecule has 0 saturated carbocycles. The molecule has 14 heteroatoms. The fourth-order valence-electron chi connectivity index (χ4n) is 5.09. The standard InChI is InChI=1S/C30H33N9O3S2/c1-21-7-4-11-25-28(21)35-30(34-27(40)20-23-9-6-18-43-23)39(25)37(3)26-12-13-31-29(33-26)32-22-8-5-10-24(19-22)44(41,42)38-16-14-36(2)15-17-38/h4-13,18-19H,14-17,20H2,1-3H3,(H,31,32,33)(H,34,35,40). The second-order valence-corrected chi connectivity index (χ2v) is 13.6. The number of sulfonamides is 1. The number of hydrogen-bond donors (Lipinski definition) is 2. The van der Waals surface area contributed by atoms with Crippen LogP contribution in [-0.2, 0) is 21.2 Å². The van der Waals surface area contributed by atoms with Crippen LogP contribution < -0.4 is 15.6 Å². The Hall–Kier alpha value is -4.37. The Morgan fingerprint density at radius 2 is 1.82 bits per heavy atom. The van der Waals surface area contributed by atoms with E-state index in [4.69, 9.17) is 9.97 Å². The third-order valence-corrected chi connectivity index (χ3v) is 10.3. The number of aromatic nitrogens is 4. The van der Waals surface area contributed by atoms with Gasteiger partial charge in [0.15, 0.2) is 5.82 Å². The summed E-state index contributed by atoms with van der Waals surface area (Å²) in [5.74, 6) is 1.01. The summed E-state index contributed by atoms with van der Waals surface area (Å²) in [7, 11) is 0.179. The summed E-state index contributed by atoms with van der Waals surface area (Å²) in [6.07, 6.45) is 1.86. The molecular weight excluding hydrogens is 599 g/mol. The zero-order chi connectivity index (χ0) is 30.8. The minimum atomic E-state index is -3.63. The highest BCUT2D eigenvalue weighted by molar-refractivity contribution is 7.89. The summed E-state index contributed by atoms with van der Waals surface area (Å²) in [4.78, 5) is 30.1. The maximum Gasteiger partial charge on any atom is 0.243 e. The number of piperazine rings is 1. The number of rotatable bonds is 9. The first-order valence-corrected chi connectivity index (χ1v) is 16.4. The van der Waals surface area contributed by atoms with Crippen LogP contribution in [0.4, 0.5) is 23.4 Å². The molecule has 6 rings (SSSR count). The van der Waals surface area contributed by atoms with Gasteiger partial charge >= 0.3 is 0 Å². The Bertz CT molecular complexity index is 1900. The summed E-state index contributed by atoms with van der Waals surface area (Å²) in [5.41, 5.74) is 3.08. The van der Waals surface area contributed by atoms with Crippen LogP contribution in [0.5, 0.6) is 0 Å². The topological polar surface area (TPSA) is 129 Å². The highest BCUT2D eigenvalue weighted by Crippen LogP contribution is 2.27. The molecule has 4 heterocycles. The molecule has 1 aliphatic rings. The number of nitrogens with one attached hydrogen (secondary N) is 2. The number of fused-ring (bicyclic) bond motifs is 1. The molecule has 0 radical (unpaired) electrons. The van der Waals surface area contributed by atoms with E-state index in [9.17, 15) is 13.2 Å². The lowest BCUT2D eigenvalue weighted by Crippen LogP contribution is -2.47. The van der Waals surface area contributed by atoms with Gasteiger partial charge in [-0.3, -0.25) is 15.1 Å². The second kappa shape index (κ2) is 12.3. The quantitative estimate of drug-likeness (QED) is 0.248. The van der Waals surface area contributed by atoms with E-state index in [2.05, 4.69) is 20.5 Å². The van der Waals surface area contributed by atoms with Crippen molar-refractivity contribution in [2.75, 3.05) is 55.9 Å². The summed E-state index contributed by atoms with van der Waals surface area (Å²) >= 11 is 1.53. The van der Waals surface area contributed by atoms with E-state index in [0.717, 1.165) is 21.5 Å². The van der Waals surface area contributed by atoms with Gasteiger partial charge in [0.1, 0.15) is 0 Å². The van der Waals surface area contributed by atoms with Crippen LogP contribution in [-0.4, -0.2) is 83.4 Å². The lowest BCUT2D eigenvalue weighted by Gasteiger charge is -2.31. The number of hydrogen-bond acceptors (Lipinski definition) is 10. The average molecular weight is 632 g/mol. The van der Waals surface area contributed by atoms with Crippen LogP contribution in [0, 0.1) is 6.92 Å². The highest BCUT2D eigenvalue weighted by atomic mass is 32.2. The molecule has 0 unspecified atom stereocenters. The van der Waals surface area contributed by atoms with E-state index in [1.807, 2.05) is 61.4 Å². The summed E-state index contributed by atoms with van der Waals surface area (Å²) in [5, 5.41) is 9.86. The van der Waals surface area contributed by atoms with Crippen molar-refractivity contribution in [3.05, 3.63) is 82.7 Å². The van der Waals surface area contributed by atoms with Gasteiger partial charge in [0, 0.05) is 56.1 Å². The van der Waals surface area contributed by atoms with Gasteiger partial charge < -0.3 is 10.2 Å². The van der Waals surface area contributed by atoms with E-state index in [-0.39, 0.29) is 23.2 Å². The van der Waals surface area contributed by atoms with Gasteiger partial charge in [0.05, 0.1) is 22.3 Å². The Balaban J connectivity index is 1.26. The fourth-order valence-corrected chi connectivity index (χ4v) is 7.26. The molecule has 0 spiro atoms. The zero-order valence-corrected chi connectivity index (χ0v) is 26.3. The second-order valence-electron chi connectivity index (χ2n) is 10.6. The van der Waals surface area contributed by atoms with Crippen molar-refractivity contribution in [1.29, 1.82) is 0 Å². The largest absolute Gasteiger partial charge is 0.324 e. The number of likely N-dealkylation sites (N-methyl/N-ethyl adjacent to an activating group) is 1. The molecule has 1 aliphatic heterocycles. The van der Waals surface area contributed by atoms with Crippen molar-refractivity contribution < 1.29 is 13.2 Å². The molecule has 228 valence electrons. The summed E-state index contributed by atoms with van der Waals surface area (Å²) < 4.78 is 29.9. The number of benzene rings is 2. The van der Waals surface area contributed by atoms with Gasteiger partial charge in [-0.25, -0.2) is 23.1 Å². The number of anilines is 4. The van der Waals surface area contributed by atoms with Crippen molar-refractivity contribution in [3.8, 4) is 0 Å². The van der Waals surface area contributed by atoms with E-state index in [1.54, 1.807) is 41.5 Å². The fraction of sp³-hybridized carbons (Fsp3) is 0.267. The molecule has 3 aromatic heterocycles. The molecular formula is C30H33N9O3S2. The van der Waals surface area contributed by atoms with E-state index < -0.39 is 10.0 Å². The number of carbonyl (C=O) groups is 1. The van der Waals surface area contributed by atoms with Crippen LogP contribution in [0.2, 0.25) is 0 Å². The Labute approximate surface area is 260 Å². The third kappa shape index (κ3) is 6.15. The molecule has 1 amide bonds. The van der Waals surface area contributed by atoms with Crippen molar-refractivity contribution in [3.63, 3.8) is 0 Å². The molecule has 1 fully saturated rings. The lowest BCUT2D eigenvalue weighted by atomic mass is 10.2. The predicted molar refractivity (Wildman–Crippen MR) is 173 cm³/mol. The molecule has 0 aliphatic carbocycles. The van der Waals surface area contributed by atoms with Gasteiger partial charge in [0.25, 0.3) is 0 Å². The van der Waals surface area contributed by atoms with Gasteiger partial charge in [-0.1, -0.05) is 24.3 Å². The van der Waals surface area contributed by atoms with Crippen LogP contribution in [0.3, 0.4) is 0 Å². The molecule has 0 bridgehead atoms. The summed E-state index contributed by atoms with van der Waals surface area (Å²) in [6.45, 7) is 4.26. The van der Waals surface area contributed by atoms with Crippen molar-refractivity contribution in [1.82, 2.24) is 28.8 Å². The highest BCUT2D eigenvalue weighted by Gasteiger charge is 2.27. The first-order chi connectivity index (χ1) is 21.2. The Morgan fingerprint density at radius 1 is 1.02 bits per heavy atom. The van der Waals surface area contributed by atoms with Crippen LogP contribution >= 0.6 is 11.3 Å². The smallest absolute Gasteiger partial charge is 0.243 e. The molecule has 2 aromatic carbocycles. The predicted octanol–water partition coefficient (Wildman–Crippen LogP) is 3.96. The zero-order valence-electron chi connectivity index (χ0n) is 24.6. The minimum absolute atomic E-state index is 0.175. The van der Waals surface area contributed by atoms with E-state index in [1.165, 1.54) is 15.6 Å². The van der Waals surface area contributed by atoms with E-state index in [0.29, 0.717) is 43.6 Å². The van der Waals surface area contributed by atoms with Crippen molar-refractivity contribution in [2.45, 2.75) is 18.2 Å². The number of amides is 1. The molecule has 5 aromatic rings. The molecule has 2 N–H and O–H groups in total. The van der Waals surface area contributed by atoms with E-state index >= 15 is 0 Å². The number of carbonyl (C=O) groups excluding carboxylic acids is 1. The molecule has 1 saturated heterocycles. The third-order valence-electron chi connectivity index (χ3n) is 7.49. The SMILES string of the molecule is Cc1cccc2c1nc(NC(=O)Cc1cccs1)n2N(C)c1ccnc(Nc2cccc(S(=O)(=O)N3CCN(C)CC3)c2)n1. The van der Waals surface area contributed by atoms with Crippen LogP contribution in [0.1, 0.15) is 10.4 Å². The molecule has 0 atom stereocenters. The van der Waals surface area contributed by atoms with Gasteiger partial charge in [-0.15, -0.1) is 11.3 Å². The number of para-hydroxylation sites is 1. The number of thiophene rings is 1. The monoisotopic (exact) mass is 631 g/mol. The maximum absolute atomic E-state index is 13.3. The van der Waals surface area contributed by atoms with Crippen molar-refractivity contribution in [2.24, 2.45) is 0 Å². The Kier molecular flexibility index (Phi) is 8.31. The number of nitrogens with zero attached hydrogens (tertiary/aromatic N) is 7. The van der Waals surface area contributed by atoms with Gasteiger partial charge in [0.2, 0.25) is 27.8 Å². The lowest BCUT2D eigenvalue weighted by molar-refractivity contribution is -0.115. The first-order valence-electron chi connectivity index (χ1n) is 14.1. The van der Waals surface area contributed by atoms with Crippen LogP contribution in [0.25, 0.3) is 11.0 Å². The minimum Gasteiger partial charge on any atom is -0.324 e.